The zero-order valence-electron chi connectivity index (χ0n) is 11.2. The zero-order chi connectivity index (χ0) is 13.2. The summed E-state index contributed by atoms with van der Waals surface area (Å²) in [5, 5.41) is 2.75. The summed E-state index contributed by atoms with van der Waals surface area (Å²) in [6.07, 6.45) is 2.01. The van der Waals surface area contributed by atoms with Crippen molar-refractivity contribution >= 4 is 23.6 Å². The molecule has 0 aliphatic carbocycles. The molecule has 1 N–H and O–H groups in total. The fraction of sp³-hybridized carbons (Fsp3) is 0.833. The van der Waals surface area contributed by atoms with E-state index in [0.29, 0.717) is 0 Å². The van der Waals surface area contributed by atoms with Crippen molar-refractivity contribution in [3.63, 3.8) is 0 Å². The monoisotopic (exact) mass is 258 g/mol. The highest BCUT2D eigenvalue weighted by atomic mass is 32.2. The Morgan fingerprint density at radius 2 is 1.94 bits per heavy atom. The standard InChI is InChI=1S/C12H22N2O2S/c1-7(2)10-11(15)13-9(4)12(16)14(10)8(3)6-17-5/h7-10H,6H2,1-5H3,(H,13,15). The van der Waals surface area contributed by atoms with Crippen LogP contribution in [-0.2, 0) is 9.59 Å². The number of amides is 2. The molecule has 3 unspecified atom stereocenters. The lowest BCUT2D eigenvalue weighted by Crippen LogP contribution is -2.66. The van der Waals surface area contributed by atoms with Crippen LogP contribution < -0.4 is 5.32 Å². The molecule has 4 nitrogen and oxygen atoms in total. The normalized spacial score (nSPS) is 27.3. The van der Waals surface area contributed by atoms with E-state index >= 15 is 0 Å². The molecule has 0 saturated carbocycles. The van der Waals surface area contributed by atoms with Crippen LogP contribution in [0.2, 0.25) is 0 Å². The molecule has 1 aliphatic rings. The van der Waals surface area contributed by atoms with Crippen LogP contribution in [-0.4, -0.2) is 46.8 Å². The van der Waals surface area contributed by atoms with Crippen LogP contribution in [0.25, 0.3) is 0 Å². The fourth-order valence-electron chi connectivity index (χ4n) is 2.28. The van der Waals surface area contributed by atoms with Gasteiger partial charge in [-0.2, -0.15) is 11.8 Å². The Bertz CT molecular complexity index is 307. The highest BCUT2D eigenvalue weighted by Crippen LogP contribution is 2.21. The number of carbonyl (C=O) groups is 2. The molecule has 3 atom stereocenters. The minimum Gasteiger partial charge on any atom is -0.343 e. The number of nitrogens with one attached hydrogen (secondary N) is 1. The Kier molecular flexibility index (Phi) is 4.86. The molecule has 1 rings (SSSR count). The molecule has 1 saturated heterocycles. The van der Waals surface area contributed by atoms with Crippen LogP contribution in [0.4, 0.5) is 0 Å². The van der Waals surface area contributed by atoms with Crippen LogP contribution in [0, 0.1) is 5.92 Å². The van der Waals surface area contributed by atoms with Gasteiger partial charge >= 0.3 is 0 Å². The molecule has 1 fully saturated rings. The number of carbonyl (C=O) groups excluding carboxylic acids is 2. The van der Waals surface area contributed by atoms with Crippen molar-refractivity contribution < 1.29 is 9.59 Å². The maximum Gasteiger partial charge on any atom is 0.245 e. The van der Waals surface area contributed by atoms with Crippen LogP contribution in [0.1, 0.15) is 27.7 Å². The van der Waals surface area contributed by atoms with Crippen molar-refractivity contribution in [1.29, 1.82) is 0 Å². The van der Waals surface area contributed by atoms with E-state index in [0.717, 1.165) is 5.75 Å². The molecule has 0 radical (unpaired) electrons. The lowest BCUT2D eigenvalue weighted by Gasteiger charge is -2.43. The molecule has 0 aromatic carbocycles. The van der Waals surface area contributed by atoms with Crippen molar-refractivity contribution in [3.8, 4) is 0 Å². The van der Waals surface area contributed by atoms with Gasteiger partial charge in [-0.25, -0.2) is 0 Å². The summed E-state index contributed by atoms with van der Waals surface area (Å²) in [6, 6.07) is -0.638. The van der Waals surface area contributed by atoms with Gasteiger partial charge in [-0.3, -0.25) is 9.59 Å². The summed E-state index contributed by atoms with van der Waals surface area (Å²) in [5.74, 6) is 0.996. The maximum absolute atomic E-state index is 12.2. The SMILES string of the molecule is CSCC(C)N1C(=O)C(C)NC(=O)C1C(C)C. The third-order valence-corrected chi connectivity index (χ3v) is 3.88. The number of rotatable bonds is 4. The van der Waals surface area contributed by atoms with Gasteiger partial charge in [-0.1, -0.05) is 13.8 Å². The number of thioether (sulfide) groups is 1. The van der Waals surface area contributed by atoms with Crippen LogP contribution in [0.15, 0.2) is 0 Å². The van der Waals surface area contributed by atoms with E-state index in [9.17, 15) is 9.59 Å². The third kappa shape index (κ3) is 2.94. The second-order valence-electron chi connectivity index (χ2n) is 4.97. The molecule has 17 heavy (non-hydrogen) atoms. The summed E-state index contributed by atoms with van der Waals surface area (Å²) in [6.45, 7) is 7.71. The van der Waals surface area contributed by atoms with Crippen LogP contribution in [0.3, 0.4) is 0 Å². The van der Waals surface area contributed by atoms with E-state index in [1.54, 1.807) is 23.6 Å². The van der Waals surface area contributed by atoms with Gasteiger partial charge in [-0.05, 0) is 26.0 Å². The Hall–Kier alpha value is -0.710. The highest BCUT2D eigenvalue weighted by Gasteiger charge is 2.42. The Balaban J connectivity index is 2.98. The minimum absolute atomic E-state index is 0.0277. The van der Waals surface area contributed by atoms with Gasteiger partial charge in [0, 0.05) is 11.8 Å². The van der Waals surface area contributed by atoms with E-state index in [2.05, 4.69) is 5.32 Å². The van der Waals surface area contributed by atoms with E-state index in [-0.39, 0.29) is 29.8 Å². The highest BCUT2D eigenvalue weighted by molar-refractivity contribution is 7.98. The molecule has 0 spiro atoms. The van der Waals surface area contributed by atoms with Gasteiger partial charge in [0.1, 0.15) is 12.1 Å². The van der Waals surface area contributed by atoms with Crippen molar-refractivity contribution in [2.24, 2.45) is 5.92 Å². The molecule has 0 bridgehead atoms. The second-order valence-corrected chi connectivity index (χ2v) is 5.88. The summed E-state index contributed by atoms with van der Waals surface area (Å²) < 4.78 is 0. The predicted molar refractivity (Wildman–Crippen MR) is 70.9 cm³/mol. The molecule has 98 valence electrons. The van der Waals surface area contributed by atoms with Gasteiger partial charge < -0.3 is 10.2 Å². The molecule has 1 heterocycles. The lowest BCUT2D eigenvalue weighted by atomic mass is 9.96. The molecule has 2 amide bonds. The molecular weight excluding hydrogens is 236 g/mol. The largest absolute Gasteiger partial charge is 0.343 e. The molecule has 0 aromatic rings. The Labute approximate surface area is 108 Å². The number of piperazine rings is 1. The summed E-state index contributed by atoms with van der Waals surface area (Å²) in [5.41, 5.74) is 0. The zero-order valence-corrected chi connectivity index (χ0v) is 12.0. The summed E-state index contributed by atoms with van der Waals surface area (Å²) in [4.78, 5) is 26.0. The number of nitrogens with zero attached hydrogens (tertiary/aromatic N) is 1. The maximum atomic E-state index is 12.2. The first-order chi connectivity index (χ1) is 7.90. The average molecular weight is 258 g/mol. The predicted octanol–water partition coefficient (Wildman–Crippen LogP) is 1.11. The van der Waals surface area contributed by atoms with Crippen LogP contribution >= 0.6 is 11.8 Å². The molecular formula is C12H22N2O2S. The van der Waals surface area contributed by atoms with Gasteiger partial charge in [0.25, 0.3) is 0 Å². The first-order valence-corrected chi connectivity index (χ1v) is 7.41. The van der Waals surface area contributed by atoms with Gasteiger partial charge in [0.2, 0.25) is 11.8 Å². The summed E-state index contributed by atoms with van der Waals surface area (Å²) >= 11 is 1.70. The van der Waals surface area contributed by atoms with E-state index in [4.69, 9.17) is 0 Å². The average Bonchev–Trinajstić information content (AvgIpc) is 2.22. The van der Waals surface area contributed by atoms with Crippen molar-refractivity contribution in [1.82, 2.24) is 10.2 Å². The number of hydrogen-bond acceptors (Lipinski definition) is 3. The van der Waals surface area contributed by atoms with E-state index in [1.165, 1.54) is 0 Å². The lowest BCUT2D eigenvalue weighted by molar-refractivity contribution is -0.152. The van der Waals surface area contributed by atoms with Gasteiger partial charge in [0.15, 0.2) is 0 Å². The summed E-state index contributed by atoms with van der Waals surface area (Å²) in [7, 11) is 0. The Morgan fingerprint density at radius 1 is 1.35 bits per heavy atom. The third-order valence-electron chi connectivity index (χ3n) is 3.07. The van der Waals surface area contributed by atoms with Gasteiger partial charge in [0.05, 0.1) is 0 Å². The molecule has 0 aromatic heterocycles. The fourth-order valence-corrected chi connectivity index (χ4v) is 2.93. The smallest absolute Gasteiger partial charge is 0.245 e. The Morgan fingerprint density at radius 3 is 2.41 bits per heavy atom. The van der Waals surface area contributed by atoms with E-state index < -0.39 is 6.04 Å². The van der Waals surface area contributed by atoms with Crippen molar-refractivity contribution in [2.45, 2.75) is 45.8 Å². The quantitative estimate of drug-likeness (QED) is 0.822. The first-order valence-electron chi connectivity index (χ1n) is 6.01. The van der Waals surface area contributed by atoms with Crippen molar-refractivity contribution in [2.75, 3.05) is 12.0 Å². The van der Waals surface area contributed by atoms with Crippen LogP contribution in [0.5, 0.6) is 0 Å². The topological polar surface area (TPSA) is 49.4 Å². The first kappa shape index (κ1) is 14.4. The molecule has 5 heteroatoms. The second kappa shape index (κ2) is 5.76. The molecule has 1 aliphatic heterocycles. The number of hydrogen-bond donors (Lipinski definition) is 1. The van der Waals surface area contributed by atoms with Gasteiger partial charge in [-0.15, -0.1) is 0 Å². The van der Waals surface area contributed by atoms with Crippen molar-refractivity contribution in [3.05, 3.63) is 0 Å². The van der Waals surface area contributed by atoms with E-state index in [1.807, 2.05) is 27.0 Å². The minimum atomic E-state index is -0.401.